The zero-order valence-corrected chi connectivity index (χ0v) is 7.99. The highest BCUT2D eigenvalue weighted by atomic mass is 16.2. The van der Waals surface area contributed by atoms with Crippen molar-refractivity contribution in [2.75, 3.05) is 0 Å². The normalized spacial score (nSPS) is 43.8. The second-order valence-corrected chi connectivity index (χ2v) is 4.26. The van der Waals surface area contributed by atoms with E-state index in [0.29, 0.717) is 0 Å². The Morgan fingerprint density at radius 3 is 1.77 bits per heavy atom. The smallest absolute Gasteiger partial charge is 0.144 e. The van der Waals surface area contributed by atoms with Gasteiger partial charge in [-0.1, -0.05) is 26.0 Å². The molecule has 2 heteroatoms. The molecule has 4 atom stereocenters. The number of carbonyl (C=O) groups excluding carboxylic acids is 2. The van der Waals surface area contributed by atoms with Crippen LogP contribution in [-0.2, 0) is 9.59 Å². The molecular formula is C11H14O2. The molecule has 0 aliphatic heterocycles. The Bertz CT molecular complexity index is 262. The highest BCUT2D eigenvalue weighted by Gasteiger charge is 2.47. The first-order chi connectivity index (χ1) is 6.11. The van der Waals surface area contributed by atoms with Crippen molar-refractivity contribution in [1.29, 1.82) is 0 Å². The van der Waals surface area contributed by atoms with Crippen LogP contribution < -0.4 is 0 Å². The summed E-state index contributed by atoms with van der Waals surface area (Å²) >= 11 is 0. The van der Waals surface area contributed by atoms with Crippen molar-refractivity contribution in [1.82, 2.24) is 0 Å². The average Bonchev–Trinajstić information content (AvgIpc) is 2.36. The van der Waals surface area contributed by atoms with Gasteiger partial charge in [0.15, 0.2) is 0 Å². The lowest BCUT2D eigenvalue weighted by atomic mass is 9.73. The summed E-state index contributed by atoms with van der Waals surface area (Å²) in [7, 11) is 0. The maximum absolute atomic E-state index is 11.5. The zero-order chi connectivity index (χ0) is 9.59. The minimum absolute atomic E-state index is 0.0208. The highest BCUT2D eigenvalue weighted by Crippen LogP contribution is 2.40. The van der Waals surface area contributed by atoms with Crippen LogP contribution in [0, 0.1) is 23.7 Å². The summed E-state index contributed by atoms with van der Waals surface area (Å²) in [4.78, 5) is 23.0. The molecule has 0 amide bonds. The van der Waals surface area contributed by atoms with E-state index in [9.17, 15) is 9.59 Å². The van der Waals surface area contributed by atoms with Gasteiger partial charge in [0.2, 0.25) is 0 Å². The fourth-order valence-corrected chi connectivity index (χ4v) is 2.64. The Balaban J connectivity index is 2.38. The third-order valence-electron chi connectivity index (χ3n) is 3.33. The van der Waals surface area contributed by atoms with Gasteiger partial charge in [-0.15, -0.1) is 0 Å². The summed E-state index contributed by atoms with van der Waals surface area (Å²) in [5.74, 6) is 0.762. The Hall–Kier alpha value is -0.920. The molecule has 0 aromatic heterocycles. The lowest BCUT2D eigenvalue weighted by Crippen LogP contribution is -2.31. The van der Waals surface area contributed by atoms with Gasteiger partial charge < -0.3 is 0 Å². The molecule has 0 heterocycles. The van der Waals surface area contributed by atoms with Crippen LogP contribution in [0.3, 0.4) is 0 Å². The number of hydrogen-bond acceptors (Lipinski definition) is 2. The lowest BCUT2D eigenvalue weighted by molar-refractivity contribution is -0.123. The van der Waals surface area contributed by atoms with E-state index >= 15 is 0 Å². The van der Waals surface area contributed by atoms with Gasteiger partial charge in [0.05, 0.1) is 6.42 Å². The largest absolute Gasteiger partial charge is 0.299 e. The van der Waals surface area contributed by atoms with Gasteiger partial charge in [0.1, 0.15) is 11.6 Å². The van der Waals surface area contributed by atoms with Gasteiger partial charge in [0, 0.05) is 11.8 Å². The number of ketones is 2. The van der Waals surface area contributed by atoms with Crippen LogP contribution in [0.5, 0.6) is 0 Å². The molecule has 0 N–H and O–H groups in total. The van der Waals surface area contributed by atoms with Crippen LogP contribution in [0.1, 0.15) is 20.3 Å². The second kappa shape index (κ2) is 2.79. The van der Waals surface area contributed by atoms with E-state index in [2.05, 4.69) is 12.2 Å². The summed E-state index contributed by atoms with van der Waals surface area (Å²) < 4.78 is 0. The zero-order valence-electron chi connectivity index (χ0n) is 7.99. The Morgan fingerprint density at radius 2 is 1.38 bits per heavy atom. The van der Waals surface area contributed by atoms with E-state index in [4.69, 9.17) is 0 Å². The Labute approximate surface area is 78.0 Å². The van der Waals surface area contributed by atoms with Crippen molar-refractivity contribution in [3.63, 3.8) is 0 Å². The molecule has 0 aromatic rings. The van der Waals surface area contributed by atoms with Crippen molar-refractivity contribution in [2.45, 2.75) is 20.3 Å². The quantitative estimate of drug-likeness (QED) is 0.417. The highest BCUT2D eigenvalue weighted by molar-refractivity contribution is 6.09. The molecule has 2 nitrogen and oxygen atoms in total. The van der Waals surface area contributed by atoms with Gasteiger partial charge in [-0.2, -0.15) is 0 Å². The van der Waals surface area contributed by atoms with Crippen molar-refractivity contribution >= 4 is 11.6 Å². The predicted molar refractivity (Wildman–Crippen MR) is 49.1 cm³/mol. The first-order valence-electron chi connectivity index (χ1n) is 4.85. The summed E-state index contributed by atoms with van der Waals surface area (Å²) in [5.41, 5.74) is 0. The molecule has 1 fully saturated rings. The van der Waals surface area contributed by atoms with Gasteiger partial charge in [-0.25, -0.2) is 0 Å². The van der Waals surface area contributed by atoms with Gasteiger partial charge in [0.25, 0.3) is 0 Å². The number of allylic oxidation sites excluding steroid dienone is 2. The molecule has 70 valence electrons. The van der Waals surface area contributed by atoms with Gasteiger partial charge in [-0.05, 0) is 11.8 Å². The number of rotatable bonds is 0. The van der Waals surface area contributed by atoms with Crippen LogP contribution in [0.25, 0.3) is 0 Å². The first kappa shape index (κ1) is 8.67. The average molecular weight is 178 g/mol. The fraction of sp³-hybridized carbons (Fsp3) is 0.636. The third-order valence-corrected chi connectivity index (χ3v) is 3.33. The van der Waals surface area contributed by atoms with E-state index in [1.165, 1.54) is 0 Å². The van der Waals surface area contributed by atoms with Crippen LogP contribution in [0.15, 0.2) is 12.2 Å². The summed E-state index contributed by atoms with van der Waals surface area (Å²) in [5, 5.41) is 0. The molecule has 2 aliphatic carbocycles. The molecule has 0 spiro atoms. The minimum atomic E-state index is -0.0208. The number of hydrogen-bond donors (Lipinski definition) is 0. The molecule has 1 saturated carbocycles. The molecule has 4 unspecified atom stereocenters. The van der Waals surface area contributed by atoms with Crippen molar-refractivity contribution in [3.05, 3.63) is 12.2 Å². The third kappa shape index (κ3) is 1.16. The molecule has 0 saturated heterocycles. The van der Waals surface area contributed by atoms with E-state index in [1.807, 2.05) is 13.8 Å². The van der Waals surface area contributed by atoms with Crippen LogP contribution in [-0.4, -0.2) is 11.6 Å². The van der Waals surface area contributed by atoms with E-state index < -0.39 is 0 Å². The van der Waals surface area contributed by atoms with Crippen LogP contribution in [0.2, 0.25) is 0 Å². The minimum Gasteiger partial charge on any atom is -0.299 e. The SMILES string of the molecule is CC1C=CC(C)C2C(=O)CC(=O)C12. The monoisotopic (exact) mass is 178 g/mol. The van der Waals surface area contributed by atoms with Crippen molar-refractivity contribution in [3.8, 4) is 0 Å². The topological polar surface area (TPSA) is 34.1 Å². The standard InChI is InChI=1S/C11H14O2/c1-6-3-4-7(2)11-9(13)5-8(12)10(6)11/h3-4,6-7,10-11H,5H2,1-2H3. The first-order valence-corrected chi connectivity index (χ1v) is 4.85. The number of Topliss-reactive ketones (excluding diaryl/α,β-unsaturated/α-hetero) is 2. The summed E-state index contributed by atoms with van der Waals surface area (Å²) in [6.07, 6.45) is 4.32. The van der Waals surface area contributed by atoms with Crippen LogP contribution >= 0.6 is 0 Å². The predicted octanol–water partition coefficient (Wildman–Crippen LogP) is 1.60. The van der Waals surface area contributed by atoms with Crippen molar-refractivity contribution in [2.24, 2.45) is 23.7 Å². The number of carbonyl (C=O) groups is 2. The summed E-state index contributed by atoms with van der Waals surface area (Å²) in [6.45, 7) is 4.05. The molecule has 0 radical (unpaired) electrons. The molecule has 2 aliphatic rings. The molecule has 2 rings (SSSR count). The van der Waals surface area contributed by atoms with E-state index in [1.54, 1.807) is 0 Å². The molecule has 0 aromatic carbocycles. The van der Waals surface area contributed by atoms with E-state index in [0.717, 1.165) is 0 Å². The molecule has 13 heavy (non-hydrogen) atoms. The Morgan fingerprint density at radius 1 is 1.00 bits per heavy atom. The van der Waals surface area contributed by atoms with Gasteiger partial charge in [-0.3, -0.25) is 9.59 Å². The maximum atomic E-state index is 11.5. The molecule has 0 bridgehead atoms. The molecular weight excluding hydrogens is 164 g/mol. The number of fused-ring (bicyclic) bond motifs is 1. The van der Waals surface area contributed by atoms with Crippen molar-refractivity contribution < 1.29 is 9.59 Å². The van der Waals surface area contributed by atoms with Gasteiger partial charge >= 0.3 is 0 Å². The second-order valence-electron chi connectivity index (χ2n) is 4.26. The summed E-state index contributed by atoms with van der Waals surface area (Å²) in [6, 6.07) is 0. The lowest BCUT2D eigenvalue weighted by Gasteiger charge is -2.29. The Kier molecular flexibility index (Phi) is 1.86. The van der Waals surface area contributed by atoms with E-state index in [-0.39, 0.29) is 41.7 Å². The fourth-order valence-electron chi connectivity index (χ4n) is 2.64. The maximum Gasteiger partial charge on any atom is 0.144 e. The van der Waals surface area contributed by atoms with Crippen LogP contribution in [0.4, 0.5) is 0 Å².